The van der Waals surface area contributed by atoms with E-state index in [9.17, 15) is 4.79 Å². The molecule has 0 spiro atoms. The van der Waals surface area contributed by atoms with Crippen molar-refractivity contribution < 1.29 is 24.5 Å². The molecule has 0 aliphatic rings. The zero-order valence-electron chi connectivity index (χ0n) is 8.21. The molecule has 2 N–H and O–H groups in total. The van der Waals surface area contributed by atoms with E-state index >= 15 is 0 Å². The van der Waals surface area contributed by atoms with E-state index in [0.717, 1.165) is 12.5 Å². The number of carbonyl (C=O) groups is 2. The first-order chi connectivity index (χ1) is 7.02. The predicted molar refractivity (Wildman–Crippen MR) is 52.6 cm³/mol. The zero-order valence-corrected chi connectivity index (χ0v) is 8.21. The Morgan fingerprint density at radius 1 is 1.20 bits per heavy atom. The first-order valence-electron chi connectivity index (χ1n) is 4.11. The summed E-state index contributed by atoms with van der Waals surface area (Å²) >= 11 is 0. The molecule has 0 heterocycles. The second-order valence-electron chi connectivity index (χ2n) is 2.56. The van der Waals surface area contributed by atoms with E-state index in [-0.39, 0.29) is 6.61 Å². The van der Waals surface area contributed by atoms with Crippen molar-refractivity contribution in [2.24, 2.45) is 0 Å². The minimum Gasteiger partial charge on any atom is -0.481 e. The number of rotatable bonds is 2. The molecule has 1 aromatic rings. The number of aliphatic carboxylic acids is 1. The normalized spacial score (nSPS) is 8.33. The molecule has 0 saturated heterocycles. The van der Waals surface area contributed by atoms with Gasteiger partial charge in [-0.1, -0.05) is 30.3 Å². The van der Waals surface area contributed by atoms with Gasteiger partial charge in [0.2, 0.25) is 0 Å². The van der Waals surface area contributed by atoms with E-state index in [1.54, 1.807) is 0 Å². The molecule has 0 aliphatic carbocycles. The molecule has 1 rings (SSSR count). The average molecular weight is 212 g/mol. The molecule has 1 aromatic carbocycles. The number of carboxylic acids is 1. The van der Waals surface area contributed by atoms with E-state index < -0.39 is 12.1 Å². The number of hydrogen-bond acceptors (Lipinski definition) is 3. The summed E-state index contributed by atoms with van der Waals surface area (Å²) in [6, 6.07) is 9.15. The second kappa shape index (κ2) is 7.37. The van der Waals surface area contributed by atoms with Crippen LogP contribution in [-0.4, -0.2) is 22.3 Å². The summed E-state index contributed by atoms with van der Waals surface area (Å²) in [5.41, 5.74) is 0.856. The van der Waals surface area contributed by atoms with Gasteiger partial charge in [0.25, 0.3) is 5.97 Å². The van der Waals surface area contributed by atoms with Gasteiger partial charge in [-0.05, 0) is 5.56 Å². The monoisotopic (exact) mass is 212 g/mol. The van der Waals surface area contributed by atoms with Crippen molar-refractivity contribution >= 4 is 12.1 Å². The lowest BCUT2D eigenvalue weighted by Gasteiger charge is -1.98. The summed E-state index contributed by atoms with van der Waals surface area (Å²) in [4.78, 5) is 19.0. The van der Waals surface area contributed by atoms with Crippen LogP contribution in [0.15, 0.2) is 30.3 Å². The topological polar surface area (TPSA) is 83.8 Å². The summed E-state index contributed by atoms with van der Waals surface area (Å²) in [6.45, 7) is 1.20. The van der Waals surface area contributed by atoms with Crippen molar-refractivity contribution in [3.8, 4) is 0 Å². The molecule has 0 aliphatic heterocycles. The Bertz CT molecular complexity index is 303. The van der Waals surface area contributed by atoms with Crippen molar-refractivity contribution in [3.05, 3.63) is 35.9 Å². The first-order valence-corrected chi connectivity index (χ1v) is 4.11. The largest absolute Gasteiger partial charge is 0.506 e. The van der Waals surface area contributed by atoms with Gasteiger partial charge in [-0.3, -0.25) is 4.79 Å². The maximum absolute atomic E-state index is 9.95. The van der Waals surface area contributed by atoms with Gasteiger partial charge in [-0.2, -0.15) is 0 Å². The van der Waals surface area contributed by atoms with Crippen LogP contribution in [0.1, 0.15) is 12.5 Å². The van der Waals surface area contributed by atoms with Crippen LogP contribution in [0.3, 0.4) is 0 Å². The molecule has 5 nitrogen and oxygen atoms in total. The third-order valence-electron chi connectivity index (χ3n) is 1.21. The van der Waals surface area contributed by atoms with E-state index in [0.29, 0.717) is 0 Å². The maximum atomic E-state index is 9.95. The van der Waals surface area contributed by atoms with Crippen LogP contribution < -0.4 is 0 Å². The molecule has 82 valence electrons. The molecule has 0 aromatic heterocycles. The van der Waals surface area contributed by atoms with Crippen molar-refractivity contribution in [1.82, 2.24) is 0 Å². The molecule has 0 atom stereocenters. The third-order valence-corrected chi connectivity index (χ3v) is 1.21. The lowest BCUT2D eigenvalue weighted by molar-refractivity contribution is -0.134. The minimum absolute atomic E-state index is 0.121. The fourth-order valence-corrected chi connectivity index (χ4v) is 0.719. The Hall–Kier alpha value is -2.04. The molecule has 0 radical (unpaired) electrons. The number of hydrogen-bond donors (Lipinski definition) is 2. The second-order valence-corrected chi connectivity index (χ2v) is 2.56. The van der Waals surface area contributed by atoms with Gasteiger partial charge in [0, 0.05) is 6.92 Å². The number of benzene rings is 1. The molecule has 0 amide bonds. The highest BCUT2D eigenvalue weighted by atomic mass is 16.7. The molecule has 0 unspecified atom stereocenters. The summed E-state index contributed by atoms with van der Waals surface area (Å²) in [7, 11) is 0. The van der Waals surface area contributed by atoms with Gasteiger partial charge < -0.3 is 14.9 Å². The fourth-order valence-electron chi connectivity index (χ4n) is 0.719. The number of carboxylic acid groups (broad SMARTS) is 2. The van der Waals surface area contributed by atoms with Crippen LogP contribution >= 0.6 is 0 Å². The van der Waals surface area contributed by atoms with Crippen LogP contribution in [-0.2, 0) is 16.1 Å². The molecular formula is C10H12O5. The highest BCUT2D eigenvalue weighted by Gasteiger charge is 1.95. The standard InChI is InChI=1S/C8H8O3.C2H4O2/c9-8(10)11-6-7-4-2-1-3-5-7;1-2(3)4/h1-5H,6H2,(H,9,10);1H3,(H,3,4). The summed E-state index contributed by atoms with van der Waals surface area (Å²) in [5, 5.41) is 15.6. The lowest BCUT2D eigenvalue weighted by atomic mass is 10.2. The molecule has 5 heteroatoms. The van der Waals surface area contributed by atoms with E-state index in [1.807, 2.05) is 30.3 Å². The predicted octanol–water partition coefficient (Wildman–Crippen LogP) is 1.97. The van der Waals surface area contributed by atoms with Crippen molar-refractivity contribution in [3.63, 3.8) is 0 Å². The summed E-state index contributed by atoms with van der Waals surface area (Å²) in [6.07, 6.45) is -1.24. The van der Waals surface area contributed by atoms with Gasteiger partial charge in [-0.15, -0.1) is 0 Å². The smallest absolute Gasteiger partial charge is 0.481 e. The molecule has 0 fully saturated rings. The van der Waals surface area contributed by atoms with Crippen molar-refractivity contribution in [1.29, 1.82) is 0 Å². The summed E-state index contributed by atoms with van der Waals surface area (Å²) in [5.74, 6) is -0.833. The minimum atomic E-state index is -1.24. The van der Waals surface area contributed by atoms with Crippen LogP contribution in [0.4, 0.5) is 4.79 Å². The Balaban J connectivity index is 0.000000423. The third kappa shape index (κ3) is 9.88. The van der Waals surface area contributed by atoms with E-state index in [4.69, 9.17) is 15.0 Å². The number of ether oxygens (including phenoxy) is 1. The van der Waals surface area contributed by atoms with E-state index in [2.05, 4.69) is 4.74 Å². The van der Waals surface area contributed by atoms with Crippen LogP contribution in [0, 0.1) is 0 Å². The van der Waals surface area contributed by atoms with Gasteiger partial charge in [0.05, 0.1) is 0 Å². The molecular weight excluding hydrogens is 200 g/mol. The zero-order chi connectivity index (χ0) is 11.7. The molecule has 15 heavy (non-hydrogen) atoms. The van der Waals surface area contributed by atoms with Crippen molar-refractivity contribution in [2.45, 2.75) is 13.5 Å². The van der Waals surface area contributed by atoms with Gasteiger partial charge in [0.1, 0.15) is 6.61 Å². The fraction of sp³-hybridized carbons (Fsp3) is 0.200. The lowest BCUT2D eigenvalue weighted by Crippen LogP contribution is -1.99. The molecule has 0 bridgehead atoms. The highest BCUT2D eigenvalue weighted by Crippen LogP contribution is 1.99. The average Bonchev–Trinajstić information content (AvgIpc) is 2.15. The Morgan fingerprint density at radius 3 is 2.07 bits per heavy atom. The van der Waals surface area contributed by atoms with Gasteiger partial charge in [0.15, 0.2) is 0 Å². The van der Waals surface area contributed by atoms with Crippen LogP contribution in [0.5, 0.6) is 0 Å². The van der Waals surface area contributed by atoms with E-state index in [1.165, 1.54) is 0 Å². The van der Waals surface area contributed by atoms with Crippen LogP contribution in [0.2, 0.25) is 0 Å². The van der Waals surface area contributed by atoms with Crippen LogP contribution in [0.25, 0.3) is 0 Å². The SMILES string of the molecule is CC(=O)O.O=C(O)OCc1ccccc1. The van der Waals surface area contributed by atoms with Gasteiger partial charge >= 0.3 is 6.16 Å². The van der Waals surface area contributed by atoms with Gasteiger partial charge in [-0.25, -0.2) is 4.79 Å². The molecule has 0 saturated carbocycles. The van der Waals surface area contributed by atoms with Crippen molar-refractivity contribution in [2.75, 3.05) is 0 Å². The Kier molecular flexibility index (Phi) is 6.37. The quantitative estimate of drug-likeness (QED) is 0.732. The highest BCUT2D eigenvalue weighted by molar-refractivity contribution is 5.62. The first kappa shape index (κ1) is 13.0. The Labute approximate surface area is 86.9 Å². The summed E-state index contributed by atoms with van der Waals surface area (Å²) < 4.78 is 4.34. The Morgan fingerprint density at radius 2 is 1.67 bits per heavy atom. The maximum Gasteiger partial charge on any atom is 0.506 e.